The highest BCUT2D eigenvalue weighted by atomic mass is 32.2. The van der Waals surface area contributed by atoms with Crippen molar-refractivity contribution in [1.29, 1.82) is 0 Å². The van der Waals surface area contributed by atoms with Crippen LogP contribution in [-0.2, 0) is 6.42 Å². The summed E-state index contributed by atoms with van der Waals surface area (Å²) in [7, 11) is -1.08. The molecule has 1 N–H and O–H groups in total. The second-order valence-electron chi connectivity index (χ2n) is 5.75. The number of allylic oxidation sites excluding steroid dienone is 1. The van der Waals surface area contributed by atoms with Crippen molar-refractivity contribution in [3.8, 4) is 0 Å². The van der Waals surface area contributed by atoms with E-state index >= 15 is 0 Å². The molecule has 4 heteroatoms. The highest BCUT2D eigenvalue weighted by Crippen LogP contribution is 2.30. The number of benzene rings is 1. The monoisotopic (exact) mass is 294 g/mol. The van der Waals surface area contributed by atoms with Gasteiger partial charge in [-0.25, -0.2) is 4.79 Å². The number of thioether (sulfide) groups is 1. The van der Waals surface area contributed by atoms with Crippen molar-refractivity contribution >= 4 is 25.8 Å². The Morgan fingerprint density at radius 1 is 1.42 bits per heavy atom. The zero-order valence-electron chi connectivity index (χ0n) is 11.9. The van der Waals surface area contributed by atoms with E-state index in [-0.39, 0.29) is 0 Å². The van der Waals surface area contributed by atoms with Gasteiger partial charge in [-0.3, -0.25) is 0 Å². The summed E-state index contributed by atoms with van der Waals surface area (Å²) < 4.78 is 0. The maximum absolute atomic E-state index is 11.3. The molecule has 0 atom stereocenters. The average Bonchev–Trinajstić information content (AvgIpc) is 2.29. The number of hydrogen-bond donors (Lipinski definition) is 1. The van der Waals surface area contributed by atoms with Crippen molar-refractivity contribution in [3.05, 3.63) is 42.0 Å². The van der Waals surface area contributed by atoms with E-state index in [0.29, 0.717) is 5.56 Å². The minimum Gasteiger partial charge on any atom is -0.478 e. The van der Waals surface area contributed by atoms with Gasteiger partial charge < -0.3 is 5.11 Å². The lowest BCUT2D eigenvalue weighted by Crippen LogP contribution is -2.20. The van der Waals surface area contributed by atoms with E-state index in [1.54, 1.807) is 17.8 Å². The summed E-state index contributed by atoms with van der Waals surface area (Å²) in [6.07, 6.45) is 2.54. The van der Waals surface area contributed by atoms with Crippen LogP contribution in [0.2, 0.25) is 25.7 Å². The number of hydrogen-bond acceptors (Lipinski definition) is 2. The van der Waals surface area contributed by atoms with Crippen LogP contribution in [0.25, 0.3) is 0 Å². The molecule has 0 aliphatic carbocycles. The van der Waals surface area contributed by atoms with Gasteiger partial charge in [-0.2, -0.15) is 0 Å². The third kappa shape index (κ3) is 5.24. The molecule has 0 aromatic heterocycles. The maximum atomic E-state index is 11.3. The SMILES string of the molecule is C=CCc1cccc(C(=O)O)c1SCC[Si](C)(C)C. The molecule has 19 heavy (non-hydrogen) atoms. The molecule has 0 fully saturated rings. The molecular weight excluding hydrogens is 272 g/mol. The molecule has 0 heterocycles. The maximum Gasteiger partial charge on any atom is 0.336 e. The van der Waals surface area contributed by atoms with Gasteiger partial charge in [-0.15, -0.1) is 18.3 Å². The van der Waals surface area contributed by atoms with Gasteiger partial charge in [0.05, 0.1) is 5.56 Å². The van der Waals surface area contributed by atoms with Crippen molar-refractivity contribution in [1.82, 2.24) is 0 Å². The molecule has 1 aromatic rings. The molecule has 0 bridgehead atoms. The molecule has 1 rings (SSSR count). The smallest absolute Gasteiger partial charge is 0.336 e. The summed E-state index contributed by atoms with van der Waals surface area (Å²) in [5.41, 5.74) is 1.48. The van der Waals surface area contributed by atoms with E-state index in [2.05, 4.69) is 26.2 Å². The highest BCUT2D eigenvalue weighted by Gasteiger charge is 2.16. The molecule has 0 radical (unpaired) electrons. The molecule has 0 aliphatic heterocycles. The van der Waals surface area contributed by atoms with Gasteiger partial charge in [-0.1, -0.05) is 37.8 Å². The van der Waals surface area contributed by atoms with Crippen LogP contribution in [0, 0.1) is 0 Å². The van der Waals surface area contributed by atoms with E-state index in [4.69, 9.17) is 0 Å². The van der Waals surface area contributed by atoms with E-state index in [1.807, 2.05) is 18.2 Å². The van der Waals surface area contributed by atoms with E-state index in [9.17, 15) is 9.90 Å². The molecule has 0 saturated heterocycles. The largest absolute Gasteiger partial charge is 0.478 e. The predicted octanol–water partition coefficient (Wildman–Crippen LogP) is 4.54. The fourth-order valence-electron chi connectivity index (χ4n) is 1.70. The van der Waals surface area contributed by atoms with Crippen LogP contribution in [0.5, 0.6) is 0 Å². The Hall–Kier alpha value is -1.00. The summed E-state index contributed by atoms with van der Waals surface area (Å²) in [6.45, 7) is 10.7. The lowest BCUT2D eigenvalue weighted by Gasteiger charge is -2.16. The zero-order valence-corrected chi connectivity index (χ0v) is 13.7. The second kappa shape index (κ2) is 6.96. The Morgan fingerprint density at radius 2 is 2.11 bits per heavy atom. The summed E-state index contributed by atoms with van der Waals surface area (Å²) in [4.78, 5) is 12.2. The van der Waals surface area contributed by atoms with Crippen molar-refractivity contribution in [2.75, 3.05) is 5.75 Å². The Morgan fingerprint density at radius 3 is 2.63 bits per heavy atom. The number of rotatable bonds is 7. The molecule has 0 unspecified atom stereocenters. The lowest BCUT2D eigenvalue weighted by atomic mass is 10.1. The zero-order chi connectivity index (χ0) is 14.5. The van der Waals surface area contributed by atoms with E-state index < -0.39 is 14.0 Å². The van der Waals surface area contributed by atoms with Crippen molar-refractivity contribution in [3.63, 3.8) is 0 Å². The number of carboxylic acids is 1. The number of aromatic carboxylic acids is 1. The Labute approximate surface area is 120 Å². The number of carboxylic acid groups (broad SMARTS) is 1. The molecule has 2 nitrogen and oxygen atoms in total. The van der Waals surface area contributed by atoms with E-state index in [0.717, 1.165) is 22.6 Å². The molecule has 0 saturated carbocycles. The fraction of sp³-hybridized carbons (Fsp3) is 0.400. The van der Waals surface area contributed by atoms with Crippen LogP contribution < -0.4 is 0 Å². The van der Waals surface area contributed by atoms with Gasteiger partial charge in [-0.05, 0) is 29.8 Å². The number of carbonyl (C=O) groups is 1. The normalized spacial score (nSPS) is 11.3. The van der Waals surface area contributed by atoms with Gasteiger partial charge in [0.2, 0.25) is 0 Å². The third-order valence-electron chi connectivity index (χ3n) is 2.79. The summed E-state index contributed by atoms with van der Waals surface area (Å²) in [5, 5.41) is 9.29. The molecular formula is C15H22O2SSi. The summed E-state index contributed by atoms with van der Waals surface area (Å²) in [6, 6.07) is 6.68. The first-order valence-electron chi connectivity index (χ1n) is 6.44. The lowest BCUT2D eigenvalue weighted by molar-refractivity contribution is 0.0693. The standard InChI is InChI=1S/C15H22O2SSi/c1-5-7-12-8-6-9-13(15(16)17)14(12)18-10-11-19(2,3)4/h5-6,8-9H,1,7,10-11H2,2-4H3,(H,16,17). The highest BCUT2D eigenvalue weighted by molar-refractivity contribution is 7.99. The van der Waals surface area contributed by atoms with Gasteiger partial charge in [0, 0.05) is 13.0 Å². The van der Waals surface area contributed by atoms with Crippen molar-refractivity contribution < 1.29 is 9.90 Å². The first kappa shape index (κ1) is 16.1. The molecule has 0 amide bonds. The Kier molecular flexibility index (Phi) is 5.88. The van der Waals surface area contributed by atoms with Gasteiger partial charge in [0.15, 0.2) is 0 Å². The Balaban J connectivity index is 2.94. The summed E-state index contributed by atoms with van der Waals surface area (Å²) >= 11 is 1.67. The van der Waals surface area contributed by atoms with Crippen molar-refractivity contribution in [2.45, 2.75) is 37.0 Å². The second-order valence-corrected chi connectivity index (χ2v) is 12.5. The molecule has 0 aliphatic rings. The first-order chi connectivity index (χ1) is 8.85. The van der Waals surface area contributed by atoms with Crippen LogP contribution in [-0.4, -0.2) is 24.9 Å². The van der Waals surface area contributed by atoms with Gasteiger partial charge in [0.1, 0.15) is 0 Å². The van der Waals surface area contributed by atoms with Crippen LogP contribution >= 0.6 is 11.8 Å². The van der Waals surface area contributed by atoms with Crippen molar-refractivity contribution in [2.24, 2.45) is 0 Å². The quantitative estimate of drug-likeness (QED) is 0.455. The molecule has 0 spiro atoms. The minimum atomic E-state index is -1.08. The average molecular weight is 294 g/mol. The Bertz CT molecular complexity index is 464. The fourth-order valence-corrected chi connectivity index (χ4v) is 5.41. The third-order valence-corrected chi connectivity index (χ3v) is 6.08. The van der Waals surface area contributed by atoms with Crippen LogP contribution in [0.4, 0.5) is 0 Å². The van der Waals surface area contributed by atoms with E-state index in [1.165, 1.54) is 6.04 Å². The van der Waals surface area contributed by atoms with Crippen LogP contribution in [0.1, 0.15) is 15.9 Å². The van der Waals surface area contributed by atoms with Crippen LogP contribution in [0.3, 0.4) is 0 Å². The summed E-state index contributed by atoms with van der Waals surface area (Å²) in [5.74, 6) is 0.144. The van der Waals surface area contributed by atoms with Crippen LogP contribution in [0.15, 0.2) is 35.7 Å². The first-order valence-corrected chi connectivity index (χ1v) is 11.1. The minimum absolute atomic E-state index is 0.417. The predicted molar refractivity (Wildman–Crippen MR) is 86.2 cm³/mol. The van der Waals surface area contributed by atoms with Gasteiger partial charge >= 0.3 is 5.97 Å². The topological polar surface area (TPSA) is 37.3 Å². The molecule has 104 valence electrons. The van der Waals surface area contributed by atoms with Gasteiger partial charge in [0.25, 0.3) is 0 Å². The molecule has 1 aromatic carbocycles.